The molecule has 1 N–H and O–H groups in total. The second kappa shape index (κ2) is 4.49. The summed E-state index contributed by atoms with van der Waals surface area (Å²) < 4.78 is 0. The summed E-state index contributed by atoms with van der Waals surface area (Å²) in [6.45, 7) is 5.24. The Balaban J connectivity index is 1.66. The van der Waals surface area contributed by atoms with Gasteiger partial charge >= 0.3 is 0 Å². The molecule has 1 aromatic carbocycles. The molecule has 3 aliphatic rings. The topological polar surface area (TPSA) is 56.1 Å². The van der Waals surface area contributed by atoms with Gasteiger partial charge in [0.1, 0.15) is 5.54 Å². The van der Waals surface area contributed by atoms with Gasteiger partial charge in [0, 0.05) is 12.0 Å². The number of halogens is 1. The Morgan fingerprint density at radius 2 is 2.17 bits per heavy atom. The molecule has 4 nitrogen and oxygen atoms in total. The standard InChI is InChI=1S/C18H20ClN3O/c1-16-11-22(21-15(23)13-5-3-4-6-14(13)19)18(10-20)9-12(16)7-8-17(16,18)2/h3-6,12H,7-9,11H2,1-2H3,(H,21,23)/t12-,16-,17-,18-/m0/s1. The van der Waals surface area contributed by atoms with E-state index in [-0.39, 0.29) is 16.7 Å². The number of piperidine rings is 1. The molecule has 1 aromatic rings. The van der Waals surface area contributed by atoms with Crippen LogP contribution in [0.2, 0.25) is 5.02 Å². The molecule has 0 spiro atoms. The van der Waals surface area contributed by atoms with Crippen LogP contribution < -0.4 is 5.43 Å². The molecule has 23 heavy (non-hydrogen) atoms. The number of hydrogen-bond donors (Lipinski definition) is 1. The number of rotatable bonds is 2. The van der Waals surface area contributed by atoms with Gasteiger partial charge in [-0.1, -0.05) is 37.6 Å². The predicted octanol–water partition coefficient (Wildman–Crippen LogP) is 3.39. The van der Waals surface area contributed by atoms with Crippen molar-refractivity contribution in [3.63, 3.8) is 0 Å². The Morgan fingerprint density at radius 3 is 2.83 bits per heavy atom. The van der Waals surface area contributed by atoms with Gasteiger partial charge in [0.25, 0.3) is 5.91 Å². The van der Waals surface area contributed by atoms with Gasteiger partial charge in [-0.05, 0) is 42.7 Å². The monoisotopic (exact) mass is 329 g/mol. The molecular formula is C18H20ClN3O. The van der Waals surface area contributed by atoms with Crippen molar-refractivity contribution in [1.82, 2.24) is 10.4 Å². The maximum Gasteiger partial charge on any atom is 0.267 e. The predicted molar refractivity (Wildman–Crippen MR) is 87.5 cm³/mol. The first-order valence-corrected chi connectivity index (χ1v) is 8.50. The minimum Gasteiger partial charge on any atom is -0.283 e. The van der Waals surface area contributed by atoms with Crippen molar-refractivity contribution >= 4 is 17.5 Å². The Kier molecular flexibility index (Phi) is 2.93. The Bertz CT molecular complexity index is 744. The van der Waals surface area contributed by atoms with Crippen LogP contribution in [-0.4, -0.2) is 23.0 Å². The van der Waals surface area contributed by atoms with Crippen LogP contribution in [0.25, 0.3) is 0 Å². The molecule has 2 aliphatic carbocycles. The van der Waals surface area contributed by atoms with Crippen LogP contribution in [0, 0.1) is 28.1 Å². The lowest BCUT2D eigenvalue weighted by molar-refractivity contribution is 0.0240. The van der Waals surface area contributed by atoms with Crippen molar-refractivity contribution in [2.45, 2.75) is 38.6 Å². The average Bonchev–Trinajstić information content (AvgIpc) is 2.96. The fraction of sp³-hybridized carbons (Fsp3) is 0.556. The van der Waals surface area contributed by atoms with Gasteiger partial charge in [-0.2, -0.15) is 10.3 Å². The zero-order valence-corrected chi connectivity index (χ0v) is 14.2. The van der Waals surface area contributed by atoms with Gasteiger partial charge < -0.3 is 0 Å². The van der Waals surface area contributed by atoms with E-state index in [4.69, 9.17) is 11.6 Å². The van der Waals surface area contributed by atoms with Crippen molar-refractivity contribution in [2.75, 3.05) is 6.54 Å². The summed E-state index contributed by atoms with van der Waals surface area (Å²) in [7, 11) is 0. The molecule has 1 saturated heterocycles. The van der Waals surface area contributed by atoms with Crippen molar-refractivity contribution < 1.29 is 4.79 Å². The molecule has 0 unspecified atom stereocenters. The Hall–Kier alpha value is -1.57. The van der Waals surface area contributed by atoms with E-state index in [0.717, 1.165) is 19.4 Å². The minimum absolute atomic E-state index is 0.0623. The van der Waals surface area contributed by atoms with Crippen molar-refractivity contribution in [2.24, 2.45) is 16.7 Å². The zero-order valence-electron chi connectivity index (χ0n) is 13.4. The van der Waals surface area contributed by atoms with E-state index in [2.05, 4.69) is 25.3 Å². The number of hydrogen-bond acceptors (Lipinski definition) is 3. The van der Waals surface area contributed by atoms with Gasteiger partial charge in [0.05, 0.1) is 16.7 Å². The quantitative estimate of drug-likeness (QED) is 0.904. The summed E-state index contributed by atoms with van der Waals surface area (Å²) in [6, 6.07) is 9.57. The molecule has 2 saturated carbocycles. The smallest absolute Gasteiger partial charge is 0.267 e. The third-order valence-corrected chi connectivity index (χ3v) is 7.43. The molecule has 120 valence electrons. The first kappa shape index (κ1) is 15.0. The van der Waals surface area contributed by atoms with Crippen LogP contribution in [0.15, 0.2) is 24.3 Å². The maximum absolute atomic E-state index is 12.6. The van der Waals surface area contributed by atoms with Crippen LogP contribution >= 0.6 is 11.6 Å². The number of hydrazine groups is 1. The van der Waals surface area contributed by atoms with Crippen molar-refractivity contribution in [3.05, 3.63) is 34.9 Å². The third kappa shape index (κ3) is 1.57. The molecular weight excluding hydrogens is 310 g/mol. The van der Waals surface area contributed by atoms with Crippen LogP contribution in [0.5, 0.6) is 0 Å². The molecule has 0 radical (unpaired) electrons. The highest BCUT2D eigenvalue weighted by molar-refractivity contribution is 6.33. The SMILES string of the molecule is C[C@@]12CC[C@H]3C[C@@]1(C#N)N(NC(=O)c1ccccc1Cl)C[C@@]32C. The second-order valence-corrected chi connectivity index (χ2v) is 8.08. The normalized spacial score (nSPS) is 41.0. The van der Waals surface area contributed by atoms with Crippen LogP contribution in [0.3, 0.4) is 0 Å². The number of benzene rings is 1. The molecule has 4 rings (SSSR count). The van der Waals surface area contributed by atoms with Crippen LogP contribution in [0.4, 0.5) is 0 Å². The second-order valence-electron chi connectivity index (χ2n) is 7.67. The number of carbonyl (C=O) groups is 1. The number of carbonyl (C=O) groups excluding carboxylic acids is 1. The van der Waals surface area contributed by atoms with E-state index in [1.165, 1.54) is 6.42 Å². The van der Waals surface area contributed by atoms with Gasteiger partial charge in [-0.25, -0.2) is 0 Å². The van der Waals surface area contributed by atoms with E-state index < -0.39 is 5.54 Å². The zero-order chi connectivity index (χ0) is 16.5. The summed E-state index contributed by atoms with van der Waals surface area (Å²) in [5, 5.41) is 12.3. The Labute approximate surface area is 141 Å². The van der Waals surface area contributed by atoms with E-state index >= 15 is 0 Å². The van der Waals surface area contributed by atoms with Gasteiger partial charge in [0.15, 0.2) is 0 Å². The molecule has 4 atom stereocenters. The third-order valence-electron chi connectivity index (χ3n) is 7.10. The highest BCUT2D eigenvalue weighted by atomic mass is 35.5. The fourth-order valence-electron chi connectivity index (χ4n) is 5.47. The number of amides is 1. The van der Waals surface area contributed by atoms with Crippen molar-refractivity contribution in [1.29, 1.82) is 5.26 Å². The largest absolute Gasteiger partial charge is 0.283 e. The lowest BCUT2D eigenvalue weighted by Crippen LogP contribution is -2.59. The summed E-state index contributed by atoms with van der Waals surface area (Å²) in [6.07, 6.45) is 3.10. The molecule has 0 aromatic heterocycles. The summed E-state index contributed by atoms with van der Waals surface area (Å²) in [5.74, 6) is 0.349. The minimum atomic E-state index is -0.596. The average molecular weight is 330 g/mol. The summed E-state index contributed by atoms with van der Waals surface area (Å²) >= 11 is 6.13. The molecule has 3 fully saturated rings. The number of nitrogens with one attached hydrogen (secondary N) is 1. The van der Waals surface area contributed by atoms with Gasteiger partial charge in [0.2, 0.25) is 0 Å². The Morgan fingerprint density at radius 1 is 1.43 bits per heavy atom. The molecule has 1 heterocycles. The molecule has 1 aliphatic heterocycles. The fourth-order valence-corrected chi connectivity index (χ4v) is 5.70. The highest BCUT2D eigenvalue weighted by Crippen LogP contribution is 2.75. The summed E-state index contributed by atoms with van der Waals surface area (Å²) in [5.41, 5.74) is 2.87. The maximum atomic E-state index is 12.6. The lowest BCUT2D eigenvalue weighted by Gasteiger charge is -2.42. The molecule has 1 amide bonds. The van der Waals surface area contributed by atoms with Gasteiger partial charge in [-0.3, -0.25) is 10.2 Å². The first-order valence-electron chi connectivity index (χ1n) is 8.12. The van der Waals surface area contributed by atoms with E-state index in [9.17, 15) is 10.1 Å². The van der Waals surface area contributed by atoms with E-state index in [1.807, 2.05) is 5.01 Å². The van der Waals surface area contributed by atoms with Gasteiger partial charge in [-0.15, -0.1) is 0 Å². The number of nitriles is 1. The molecule has 4 bridgehead atoms. The number of nitrogens with zero attached hydrogens (tertiary/aromatic N) is 2. The van der Waals surface area contributed by atoms with Crippen LogP contribution in [-0.2, 0) is 0 Å². The highest BCUT2D eigenvalue weighted by Gasteiger charge is 2.78. The summed E-state index contributed by atoms with van der Waals surface area (Å²) in [4.78, 5) is 12.6. The van der Waals surface area contributed by atoms with Crippen LogP contribution in [0.1, 0.15) is 43.5 Å². The van der Waals surface area contributed by atoms with E-state index in [0.29, 0.717) is 16.5 Å². The lowest BCUT2D eigenvalue weighted by atomic mass is 9.66. The van der Waals surface area contributed by atoms with E-state index in [1.54, 1.807) is 24.3 Å². The van der Waals surface area contributed by atoms with Crippen molar-refractivity contribution in [3.8, 4) is 6.07 Å². The molecule has 5 heteroatoms. The first-order chi connectivity index (χ1) is 10.9.